The van der Waals surface area contributed by atoms with Crippen molar-refractivity contribution in [3.63, 3.8) is 0 Å². The lowest BCUT2D eigenvalue weighted by Crippen LogP contribution is -2.35. The molecule has 0 aliphatic carbocycles. The summed E-state index contributed by atoms with van der Waals surface area (Å²) in [7, 11) is -3.09. The molecule has 26 heavy (non-hydrogen) atoms. The SMILES string of the molecule is O=C(Nc1ccc(F)cc1)c1cccc(C(=O)NC2CCS(=O)(=O)C2)c1. The van der Waals surface area contributed by atoms with E-state index in [-0.39, 0.29) is 22.6 Å². The third kappa shape index (κ3) is 4.45. The highest BCUT2D eigenvalue weighted by molar-refractivity contribution is 7.91. The maximum absolute atomic E-state index is 12.9. The monoisotopic (exact) mass is 376 g/mol. The fourth-order valence-electron chi connectivity index (χ4n) is 2.72. The summed E-state index contributed by atoms with van der Waals surface area (Å²) < 4.78 is 35.8. The van der Waals surface area contributed by atoms with E-state index in [1.807, 2.05) is 0 Å². The van der Waals surface area contributed by atoms with Crippen molar-refractivity contribution < 1.29 is 22.4 Å². The van der Waals surface area contributed by atoms with Crippen molar-refractivity contribution in [2.45, 2.75) is 12.5 Å². The zero-order valence-electron chi connectivity index (χ0n) is 13.7. The van der Waals surface area contributed by atoms with Crippen LogP contribution in [0.3, 0.4) is 0 Å². The zero-order valence-corrected chi connectivity index (χ0v) is 14.6. The number of anilines is 1. The summed E-state index contributed by atoms with van der Waals surface area (Å²) in [6.07, 6.45) is 0.388. The molecule has 8 heteroatoms. The molecule has 1 saturated heterocycles. The van der Waals surface area contributed by atoms with Gasteiger partial charge in [-0.25, -0.2) is 12.8 Å². The van der Waals surface area contributed by atoms with Gasteiger partial charge in [-0.3, -0.25) is 9.59 Å². The number of carbonyl (C=O) groups excluding carboxylic acids is 2. The first-order valence-electron chi connectivity index (χ1n) is 8.01. The fourth-order valence-corrected chi connectivity index (χ4v) is 4.39. The Morgan fingerprint density at radius 3 is 2.27 bits per heavy atom. The minimum atomic E-state index is -3.09. The summed E-state index contributed by atoms with van der Waals surface area (Å²) in [5, 5.41) is 5.30. The molecule has 0 spiro atoms. The van der Waals surface area contributed by atoms with E-state index in [4.69, 9.17) is 0 Å². The lowest BCUT2D eigenvalue weighted by molar-refractivity contribution is 0.0941. The number of halogens is 1. The van der Waals surface area contributed by atoms with Crippen molar-refractivity contribution in [3.8, 4) is 0 Å². The van der Waals surface area contributed by atoms with Gasteiger partial charge in [0.2, 0.25) is 0 Å². The van der Waals surface area contributed by atoms with Crippen LogP contribution in [-0.4, -0.2) is 37.8 Å². The first-order chi connectivity index (χ1) is 12.3. The van der Waals surface area contributed by atoms with Gasteiger partial charge >= 0.3 is 0 Å². The number of sulfone groups is 1. The number of hydrogen-bond donors (Lipinski definition) is 2. The number of amides is 2. The molecule has 0 saturated carbocycles. The molecule has 0 aromatic heterocycles. The smallest absolute Gasteiger partial charge is 0.255 e. The Morgan fingerprint density at radius 2 is 1.65 bits per heavy atom. The molecule has 1 heterocycles. The lowest BCUT2D eigenvalue weighted by Gasteiger charge is -2.11. The molecular formula is C18H17FN2O4S. The first-order valence-corrected chi connectivity index (χ1v) is 9.83. The minimum absolute atomic E-state index is 0.0660. The number of hydrogen-bond acceptors (Lipinski definition) is 4. The van der Waals surface area contributed by atoms with Crippen molar-refractivity contribution in [1.29, 1.82) is 0 Å². The minimum Gasteiger partial charge on any atom is -0.348 e. The van der Waals surface area contributed by atoms with Crippen LogP contribution in [0.5, 0.6) is 0 Å². The van der Waals surface area contributed by atoms with E-state index in [0.717, 1.165) is 0 Å². The average molecular weight is 376 g/mol. The van der Waals surface area contributed by atoms with Gasteiger partial charge in [0.05, 0.1) is 11.5 Å². The van der Waals surface area contributed by atoms with Crippen LogP contribution >= 0.6 is 0 Å². The van der Waals surface area contributed by atoms with E-state index in [2.05, 4.69) is 10.6 Å². The molecule has 2 aromatic rings. The van der Waals surface area contributed by atoms with E-state index in [9.17, 15) is 22.4 Å². The van der Waals surface area contributed by atoms with Gasteiger partial charge in [-0.2, -0.15) is 0 Å². The van der Waals surface area contributed by atoms with Crippen LogP contribution in [0.1, 0.15) is 27.1 Å². The predicted octanol–water partition coefficient (Wildman–Crippen LogP) is 1.99. The molecule has 0 bridgehead atoms. The molecule has 0 radical (unpaired) electrons. The molecule has 6 nitrogen and oxygen atoms in total. The molecular weight excluding hydrogens is 359 g/mol. The molecule has 1 fully saturated rings. The number of nitrogens with one attached hydrogen (secondary N) is 2. The quantitative estimate of drug-likeness (QED) is 0.854. The van der Waals surface area contributed by atoms with Gasteiger partial charge < -0.3 is 10.6 Å². The highest BCUT2D eigenvalue weighted by atomic mass is 32.2. The molecule has 2 amide bonds. The third-order valence-electron chi connectivity index (χ3n) is 4.06. The van der Waals surface area contributed by atoms with Crippen LogP contribution in [0.15, 0.2) is 48.5 Å². The van der Waals surface area contributed by atoms with E-state index in [1.54, 1.807) is 18.2 Å². The molecule has 3 rings (SSSR count). The summed E-state index contributed by atoms with van der Waals surface area (Å²) in [5.74, 6) is -1.27. The van der Waals surface area contributed by atoms with Crippen molar-refractivity contribution in [2.24, 2.45) is 0 Å². The standard InChI is InChI=1S/C18H17FN2O4S/c19-14-4-6-15(7-5-14)20-17(22)12-2-1-3-13(10-12)18(23)21-16-8-9-26(24,25)11-16/h1-7,10,16H,8-9,11H2,(H,20,22)(H,21,23). The molecule has 1 aliphatic rings. The molecule has 1 aliphatic heterocycles. The van der Waals surface area contributed by atoms with E-state index in [1.165, 1.54) is 30.3 Å². The fraction of sp³-hybridized carbons (Fsp3) is 0.222. The van der Waals surface area contributed by atoms with E-state index in [0.29, 0.717) is 12.1 Å². The van der Waals surface area contributed by atoms with Gasteiger partial charge in [0.15, 0.2) is 9.84 Å². The van der Waals surface area contributed by atoms with Crippen LogP contribution in [-0.2, 0) is 9.84 Å². The molecule has 2 aromatic carbocycles. The van der Waals surface area contributed by atoms with E-state index < -0.39 is 33.5 Å². The topological polar surface area (TPSA) is 92.3 Å². The van der Waals surface area contributed by atoms with Gasteiger partial charge in [0.25, 0.3) is 11.8 Å². The first kappa shape index (κ1) is 18.1. The Morgan fingerprint density at radius 1 is 1.00 bits per heavy atom. The lowest BCUT2D eigenvalue weighted by atomic mass is 10.1. The number of benzene rings is 2. The molecule has 136 valence electrons. The van der Waals surface area contributed by atoms with Gasteiger partial charge in [-0.15, -0.1) is 0 Å². The second-order valence-electron chi connectivity index (χ2n) is 6.12. The van der Waals surface area contributed by atoms with Crippen LogP contribution in [0.4, 0.5) is 10.1 Å². The summed E-state index contributed by atoms with van der Waals surface area (Å²) >= 11 is 0. The van der Waals surface area contributed by atoms with Gasteiger partial charge in [-0.1, -0.05) is 6.07 Å². The molecule has 1 unspecified atom stereocenters. The number of carbonyl (C=O) groups is 2. The summed E-state index contributed by atoms with van der Waals surface area (Å²) in [4.78, 5) is 24.6. The van der Waals surface area contributed by atoms with Crippen molar-refractivity contribution in [2.75, 3.05) is 16.8 Å². The molecule has 2 N–H and O–H groups in total. The van der Waals surface area contributed by atoms with Crippen LogP contribution in [0.25, 0.3) is 0 Å². The van der Waals surface area contributed by atoms with Gasteiger partial charge in [0.1, 0.15) is 5.82 Å². The van der Waals surface area contributed by atoms with Crippen molar-refractivity contribution >= 4 is 27.3 Å². The van der Waals surface area contributed by atoms with Gasteiger partial charge in [-0.05, 0) is 48.9 Å². The largest absolute Gasteiger partial charge is 0.348 e. The van der Waals surface area contributed by atoms with Crippen LogP contribution < -0.4 is 10.6 Å². The predicted molar refractivity (Wildman–Crippen MR) is 95.3 cm³/mol. The third-order valence-corrected chi connectivity index (χ3v) is 5.82. The van der Waals surface area contributed by atoms with Crippen LogP contribution in [0.2, 0.25) is 0 Å². The maximum atomic E-state index is 12.9. The van der Waals surface area contributed by atoms with Crippen molar-refractivity contribution in [3.05, 3.63) is 65.5 Å². The van der Waals surface area contributed by atoms with Crippen molar-refractivity contribution in [1.82, 2.24) is 5.32 Å². The highest BCUT2D eigenvalue weighted by Crippen LogP contribution is 2.14. The normalized spacial score (nSPS) is 18.3. The Hall–Kier alpha value is -2.74. The van der Waals surface area contributed by atoms with Crippen LogP contribution in [0, 0.1) is 5.82 Å². The summed E-state index contributed by atoms with van der Waals surface area (Å²) in [6, 6.07) is 11.0. The number of rotatable bonds is 4. The maximum Gasteiger partial charge on any atom is 0.255 e. The highest BCUT2D eigenvalue weighted by Gasteiger charge is 2.29. The summed E-state index contributed by atoms with van der Waals surface area (Å²) in [6.45, 7) is 0. The Bertz CT molecular complexity index is 942. The Balaban J connectivity index is 1.68. The average Bonchev–Trinajstić information content (AvgIpc) is 2.95. The van der Waals surface area contributed by atoms with Gasteiger partial charge in [0, 0.05) is 22.9 Å². The second kappa shape index (κ2) is 7.25. The summed E-state index contributed by atoms with van der Waals surface area (Å²) in [5.41, 5.74) is 0.962. The Kier molecular flexibility index (Phi) is 5.03. The second-order valence-corrected chi connectivity index (χ2v) is 8.34. The molecule has 1 atom stereocenters. The zero-order chi connectivity index (χ0) is 18.7. The van der Waals surface area contributed by atoms with E-state index >= 15 is 0 Å². The Labute approximate surface area is 150 Å².